The average Bonchev–Trinajstić information content (AvgIpc) is 3.08. The van der Waals surface area contributed by atoms with Crippen LogP contribution in [-0.2, 0) is 0 Å². The van der Waals surface area contributed by atoms with Crippen LogP contribution in [0.3, 0.4) is 0 Å². The van der Waals surface area contributed by atoms with Gasteiger partial charge in [-0.05, 0) is 45.3 Å². The van der Waals surface area contributed by atoms with E-state index in [0.717, 1.165) is 42.7 Å². The minimum Gasteiger partial charge on any atom is -0.469 e. The van der Waals surface area contributed by atoms with Gasteiger partial charge in [0.1, 0.15) is 12.0 Å². The van der Waals surface area contributed by atoms with Gasteiger partial charge in [0.25, 0.3) is 0 Å². The molecule has 0 bridgehead atoms. The molecule has 20 heavy (non-hydrogen) atoms. The summed E-state index contributed by atoms with van der Waals surface area (Å²) in [6.07, 6.45) is 4.18. The standard InChI is InChI=1S/C14H21N5O/c1-10-6-12(9-20-10)13-16-14(18-17-13)19-5-3-4-11(8-19)7-15-2/h6,9,11,15H,3-5,7-8H2,1-2H3,(H,16,17,18). The molecule has 0 aliphatic carbocycles. The van der Waals surface area contributed by atoms with E-state index in [-0.39, 0.29) is 0 Å². The Hall–Kier alpha value is -1.82. The molecule has 1 fully saturated rings. The lowest BCUT2D eigenvalue weighted by atomic mass is 9.98. The molecule has 1 aliphatic heterocycles. The number of nitrogens with one attached hydrogen (secondary N) is 2. The Morgan fingerprint density at radius 2 is 2.45 bits per heavy atom. The van der Waals surface area contributed by atoms with Crippen LogP contribution in [-0.4, -0.2) is 41.9 Å². The molecule has 0 aromatic carbocycles. The lowest BCUT2D eigenvalue weighted by Gasteiger charge is -2.31. The number of piperidine rings is 1. The molecule has 1 saturated heterocycles. The van der Waals surface area contributed by atoms with Gasteiger partial charge >= 0.3 is 0 Å². The summed E-state index contributed by atoms with van der Waals surface area (Å²) in [6.45, 7) is 5.02. The maximum absolute atomic E-state index is 5.31. The summed E-state index contributed by atoms with van der Waals surface area (Å²) in [4.78, 5) is 6.85. The lowest BCUT2D eigenvalue weighted by Crippen LogP contribution is -2.39. The van der Waals surface area contributed by atoms with E-state index in [1.165, 1.54) is 12.8 Å². The molecule has 1 aliphatic rings. The smallest absolute Gasteiger partial charge is 0.245 e. The molecule has 3 heterocycles. The minimum atomic E-state index is 0.673. The van der Waals surface area contributed by atoms with Gasteiger partial charge in [0.15, 0.2) is 5.82 Å². The second-order valence-corrected chi connectivity index (χ2v) is 5.44. The summed E-state index contributed by atoms with van der Waals surface area (Å²) in [5, 5.41) is 10.6. The molecule has 6 heteroatoms. The van der Waals surface area contributed by atoms with E-state index in [9.17, 15) is 0 Å². The number of aromatic nitrogens is 3. The molecule has 3 rings (SSSR count). The topological polar surface area (TPSA) is 70.0 Å². The number of hydrogen-bond acceptors (Lipinski definition) is 5. The van der Waals surface area contributed by atoms with Crippen LogP contribution in [0.15, 0.2) is 16.7 Å². The quantitative estimate of drug-likeness (QED) is 0.890. The maximum Gasteiger partial charge on any atom is 0.245 e. The molecule has 0 saturated carbocycles. The number of anilines is 1. The average molecular weight is 275 g/mol. The van der Waals surface area contributed by atoms with E-state index in [1.54, 1.807) is 6.26 Å². The maximum atomic E-state index is 5.31. The second-order valence-electron chi connectivity index (χ2n) is 5.44. The highest BCUT2D eigenvalue weighted by Gasteiger charge is 2.22. The van der Waals surface area contributed by atoms with Gasteiger partial charge in [0.05, 0.1) is 5.56 Å². The van der Waals surface area contributed by atoms with Gasteiger partial charge in [0, 0.05) is 13.1 Å². The number of H-pyrrole nitrogens is 1. The third kappa shape index (κ3) is 2.70. The molecule has 0 amide bonds. The Bertz CT molecular complexity index is 559. The largest absolute Gasteiger partial charge is 0.469 e. The number of hydrogen-bond donors (Lipinski definition) is 2. The summed E-state index contributed by atoms with van der Waals surface area (Å²) in [7, 11) is 2.01. The van der Waals surface area contributed by atoms with Crippen molar-refractivity contribution in [3.63, 3.8) is 0 Å². The second kappa shape index (κ2) is 5.66. The van der Waals surface area contributed by atoms with E-state index in [1.807, 2.05) is 20.0 Å². The number of nitrogens with zero attached hydrogens (tertiary/aromatic N) is 3. The molecule has 108 valence electrons. The van der Waals surface area contributed by atoms with Crippen molar-refractivity contribution in [2.24, 2.45) is 5.92 Å². The van der Waals surface area contributed by atoms with Gasteiger partial charge in [-0.2, -0.15) is 4.98 Å². The van der Waals surface area contributed by atoms with Crippen LogP contribution in [0.1, 0.15) is 18.6 Å². The summed E-state index contributed by atoms with van der Waals surface area (Å²) in [5.74, 6) is 3.11. The third-order valence-electron chi connectivity index (χ3n) is 3.77. The van der Waals surface area contributed by atoms with Crippen molar-refractivity contribution in [2.45, 2.75) is 19.8 Å². The summed E-state index contributed by atoms with van der Waals surface area (Å²) < 4.78 is 5.31. The van der Waals surface area contributed by atoms with Crippen LogP contribution in [0, 0.1) is 12.8 Å². The number of furan rings is 1. The van der Waals surface area contributed by atoms with Gasteiger partial charge in [-0.15, -0.1) is 5.10 Å². The first-order valence-electron chi connectivity index (χ1n) is 7.13. The zero-order valence-corrected chi connectivity index (χ0v) is 12.0. The zero-order valence-electron chi connectivity index (χ0n) is 12.0. The van der Waals surface area contributed by atoms with Crippen molar-refractivity contribution >= 4 is 5.95 Å². The predicted molar refractivity (Wildman–Crippen MR) is 77.7 cm³/mol. The van der Waals surface area contributed by atoms with E-state index < -0.39 is 0 Å². The summed E-state index contributed by atoms with van der Waals surface area (Å²) in [6, 6.07) is 1.96. The van der Waals surface area contributed by atoms with E-state index in [0.29, 0.717) is 5.92 Å². The summed E-state index contributed by atoms with van der Waals surface area (Å²) >= 11 is 0. The number of rotatable bonds is 4. The van der Waals surface area contributed by atoms with Crippen LogP contribution in [0.25, 0.3) is 11.4 Å². The molecule has 2 N–H and O–H groups in total. The Morgan fingerprint density at radius 1 is 1.55 bits per heavy atom. The Balaban J connectivity index is 1.73. The molecular formula is C14H21N5O. The minimum absolute atomic E-state index is 0.673. The van der Waals surface area contributed by atoms with Crippen molar-refractivity contribution < 1.29 is 4.42 Å². The van der Waals surface area contributed by atoms with Crippen LogP contribution < -0.4 is 10.2 Å². The van der Waals surface area contributed by atoms with Gasteiger partial charge in [-0.25, -0.2) is 0 Å². The van der Waals surface area contributed by atoms with Gasteiger partial charge in [-0.1, -0.05) is 0 Å². The van der Waals surface area contributed by atoms with Gasteiger partial charge in [-0.3, -0.25) is 5.10 Å². The highest BCUT2D eigenvalue weighted by molar-refractivity contribution is 5.55. The normalized spacial score (nSPS) is 19.5. The monoisotopic (exact) mass is 275 g/mol. The molecule has 6 nitrogen and oxygen atoms in total. The SMILES string of the molecule is CNCC1CCCN(c2n[nH]c(-c3coc(C)c3)n2)C1. The summed E-state index contributed by atoms with van der Waals surface area (Å²) in [5.41, 5.74) is 0.949. The zero-order chi connectivity index (χ0) is 13.9. The first kappa shape index (κ1) is 13.2. The molecule has 2 aromatic rings. The first-order chi connectivity index (χ1) is 9.76. The molecule has 2 aromatic heterocycles. The van der Waals surface area contributed by atoms with Crippen LogP contribution in [0.4, 0.5) is 5.95 Å². The lowest BCUT2D eigenvalue weighted by molar-refractivity contribution is 0.399. The van der Waals surface area contributed by atoms with Crippen molar-refractivity contribution in [2.75, 3.05) is 31.6 Å². The highest BCUT2D eigenvalue weighted by Crippen LogP contribution is 2.23. The Labute approximate surface area is 118 Å². The fourth-order valence-corrected chi connectivity index (χ4v) is 2.79. The fraction of sp³-hybridized carbons (Fsp3) is 0.571. The Kier molecular flexibility index (Phi) is 3.73. The number of aromatic amines is 1. The van der Waals surface area contributed by atoms with E-state index in [2.05, 4.69) is 25.4 Å². The van der Waals surface area contributed by atoms with Gasteiger partial charge < -0.3 is 14.6 Å². The Morgan fingerprint density at radius 3 is 3.20 bits per heavy atom. The van der Waals surface area contributed by atoms with Gasteiger partial charge in [0.2, 0.25) is 5.95 Å². The predicted octanol–water partition coefficient (Wildman–Crippen LogP) is 1.81. The number of aryl methyl sites for hydroxylation is 1. The van der Waals surface area contributed by atoms with Crippen LogP contribution in [0.2, 0.25) is 0 Å². The van der Waals surface area contributed by atoms with Crippen molar-refractivity contribution in [1.29, 1.82) is 0 Å². The molecular weight excluding hydrogens is 254 g/mol. The van der Waals surface area contributed by atoms with Crippen molar-refractivity contribution in [3.05, 3.63) is 18.1 Å². The molecule has 0 radical (unpaired) electrons. The molecule has 1 atom stereocenters. The van der Waals surface area contributed by atoms with E-state index in [4.69, 9.17) is 4.42 Å². The van der Waals surface area contributed by atoms with Crippen LogP contribution >= 0.6 is 0 Å². The molecule has 1 unspecified atom stereocenters. The first-order valence-corrected chi connectivity index (χ1v) is 7.13. The van der Waals surface area contributed by atoms with E-state index >= 15 is 0 Å². The van der Waals surface area contributed by atoms with Crippen molar-refractivity contribution in [1.82, 2.24) is 20.5 Å². The third-order valence-corrected chi connectivity index (χ3v) is 3.77. The molecule has 0 spiro atoms. The fourth-order valence-electron chi connectivity index (χ4n) is 2.79. The van der Waals surface area contributed by atoms with Crippen LogP contribution in [0.5, 0.6) is 0 Å². The van der Waals surface area contributed by atoms with Crippen molar-refractivity contribution in [3.8, 4) is 11.4 Å². The highest BCUT2D eigenvalue weighted by atomic mass is 16.3.